The van der Waals surface area contributed by atoms with Gasteiger partial charge < -0.3 is 15.4 Å². The fourth-order valence-electron chi connectivity index (χ4n) is 3.15. The molecule has 0 saturated heterocycles. The van der Waals surface area contributed by atoms with Gasteiger partial charge >= 0.3 is 0 Å². The van der Waals surface area contributed by atoms with Crippen molar-refractivity contribution < 1.29 is 13.2 Å². The highest BCUT2D eigenvalue weighted by Gasteiger charge is 2.11. The molecule has 0 spiro atoms. The van der Waals surface area contributed by atoms with Gasteiger partial charge in [-0.15, -0.1) is 12.4 Å². The minimum atomic E-state index is -3.33. The molecule has 0 bridgehead atoms. The molecule has 0 aliphatic carbocycles. The summed E-state index contributed by atoms with van der Waals surface area (Å²) in [6.45, 7) is 0. The fraction of sp³-hybridized carbons (Fsp3) is 0.130. The summed E-state index contributed by atoms with van der Waals surface area (Å²) in [4.78, 5) is 9.29. The molecule has 10 heteroatoms. The molecule has 0 fully saturated rings. The number of rotatable bonds is 8. The Bertz CT molecular complexity index is 1330. The first-order chi connectivity index (χ1) is 15.5. The van der Waals surface area contributed by atoms with Crippen molar-refractivity contribution in [3.05, 3.63) is 78.4 Å². The first kappa shape index (κ1) is 24.2. The molecular weight excluding hydrogens is 462 g/mol. The van der Waals surface area contributed by atoms with E-state index >= 15 is 0 Å². The first-order valence-electron chi connectivity index (χ1n) is 9.91. The van der Waals surface area contributed by atoms with Crippen LogP contribution in [0.4, 0.5) is 23.1 Å². The number of para-hydroxylation sites is 1. The Labute approximate surface area is 198 Å². The van der Waals surface area contributed by atoms with E-state index in [1.807, 2.05) is 48.5 Å². The Morgan fingerprint density at radius 1 is 0.879 bits per heavy atom. The van der Waals surface area contributed by atoms with E-state index in [0.717, 1.165) is 22.3 Å². The molecule has 0 aliphatic rings. The molecule has 4 aromatic rings. The Morgan fingerprint density at radius 2 is 1.58 bits per heavy atom. The van der Waals surface area contributed by atoms with Crippen LogP contribution in [-0.2, 0) is 15.8 Å². The highest BCUT2D eigenvalue weighted by Crippen LogP contribution is 2.29. The summed E-state index contributed by atoms with van der Waals surface area (Å²) in [7, 11) is -0.313. The predicted octanol–water partition coefficient (Wildman–Crippen LogP) is 4.60. The monoisotopic (exact) mass is 485 g/mol. The van der Waals surface area contributed by atoms with Crippen molar-refractivity contribution in [3.8, 4) is 5.75 Å². The maximum Gasteiger partial charge on any atom is 0.229 e. The maximum absolute atomic E-state index is 11.7. The van der Waals surface area contributed by atoms with Gasteiger partial charge in [-0.05, 0) is 49.0 Å². The van der Waals surface area contributed by atoms with Crippen LogP contribution in [-0.4, -0.2) is 32.5 Å². The normalized spacial score (nSPS) is 11.0. The summed E-state index contributed by atoms with van der Waals surface area (Å²) in [5.74, 6) is 1.67. The molecule has 8 nitrogen and oxygen atoms in total. The van der Waals surface area contributed by atoms with Crippen molar-refractivity contribution in [3.63, 3.8) is 0 Å². The number of benzene rings is 3. The van der Waals surface area contributed by atoms with Crippen LogP contribution in [0, 0.1) is 0 Å². The number of hydrogen-bond donors (Lipinski definition) is 3. The number of methoxy groups -OCH3 is 1. The minimum absolute atomic E-state index is 0. The van der Waals surface area contributed by atoms with Crippen molar-refractivity contribution in [2.75, 3.05) is 24.8 Å². The van der Waals surface area contributed by atoms with Gasteiger partial charge in [0.05, 0.1) is 18.4 Å². The topological polar surface area (TPSA) is 105 Å². The smallest absolute Gasteiger partial charge is 0.229 e. The number of ether oxygens (including phenoxy) is 1. The number of halogens is 1. The summed E-state index contributed by atoms with van der Waals surface area (Å²) < 4.78 is 31.2. The second-order valence-electron chi connectivity index (χ2n) is 7.06. The Balaban J connectivity index is 0.00000306. The molecule has 0 aliphatic heterocycles. The van der Waals surface area contributed by atoms with Gasteiger partial charge in [-0.3, -0.25) is 0 Å². The minimum Gasteiger partial charge on any atom is -0.497 e. The molecule has 1 heterocycles. The molecule has 0 saturated carbocycles. The molecule has 0 amide bonds. The van der Waals surface area contributed by atoms with Crippen LogP contribution in [0.25, 0.3) is 10.9 Å². The molecule has 3 aromatic carbocycles. The quantitative estimate of drug-likeness (QED) is 0.335. The van der Waals surface area contributed by atoms with Crippen molar-refractivity contribution in [1.29, 1.82) is 0 Å². The number of nitrogens with one attached hydrogen (secondary N) is 3. The molecule has 1 aromatic heterocycles. The average Bonchev–Trinajstić information content (AvgIpc) is 2.80. The molecule has 3 N–H and O–H groups in total. The Morgan fingerprint density at radius 3 is 2.24 bits per heavy atom. The summed E-state index contributed by atoms with van der Waals surface area (Å²) in [5.41, 5.74) is 3.05. The number of fused-ring (bicyclic) bond motifs is 1. The summed E-state index contributed by atoms with van der Waals surface area (Å²) >= 11 is 0. The largest absolute Gasteiger partial charge is 0.497 e. The Kier molecular flexibility index (Phi) is 7.70. The van der Waals surface area contributed by atoms with Crippen LogP contribution in [0.1, 0.15) is 5.56 Å². The van der Waals surface area contributed by atoms with E-state index in [-0.39, 0.29) is 18.2 Å². The van der Waals surface area contributed by atoms with Crippen LogP contribution in [0.15, 0.2) is 72.8 Å². The molecule has 172 valence electrons. The lowest BCUT2D eigenvalue weighted by Gasteiger charge is -2.13. The highest BCUT2D eigenvalue weighted by molar-refractivity contribution is 7.88. The lowest BCUT2D eigenvalue weighted by molar-refractivity contribution is 0.415. The third-order valence-electron chi connectivity index (χ3n) is 4.82. The van der Waals surface area contributed by atoms with Crippen LogP contribution >= 0.6 is 12.4 Å². The zero-order chi connectivity index (χ0) is 22.6. The molecule has 0 unspecified atom stereocenters. The van der Waals surface area contributed by atoms with Crippen LogP contribution in [0.2, 0.25) is 0 Å². The molecule has 4 rings (SSSR count). The van der Waals surface area contributed by atoms with E-state index in [9.17, 15) is 8.42 Å². The number of anilines is 4. The van der Waals surface area contributed by atoms with Gasteiger partial charge in [0, 0.05) is 22.8 Å². The number of hydrogen-bond acceptors (Lipinski definition) is 7. The number of nitrogens with zero attached hydrogens (tertiary/aromatic N) is 2. The average molecular weight is 486 g/mol. The molecule has 0 radical (unpaired) electrons. The summed E-state index contributed by atoms with van der Waals surface area (Å²) in [5, 5.41) is 7.40. The van der Waals surface area contributed by atoms with Gasteiger partial charge in [0.1, 0.15) is 11.6 Å². The lowest BCUT2D eigenvalue weighted by atomic mass is 10.2. The van der Waals surface area contributed by atoms with Gasteiger partial charge in [-0.1, -0.05) is 30.3 Å². The van der Waals surface area contributed by atoms with Gasteiger partial charge in [-0.25, -0.2) is 18.1 Å². The highest BCUT2D eigenvalue weighted by atomic mass is 35.5. The van der Waals surface area contributed by atoms with Gasteiger partial charge in [0.25, 0.3) is 0 Å². The lowest BCUT2D eigenvalue weighted by Crippen LogP contribution is -2.20. The predicted molar refractivity (Wildman–Crippen MR) is 134 cm³/mol. The molecular formula is C23H24ClN5O3S. The zero-order valence-corrected chi connectivity index (χ0v) is 19.7. The van der Waals surface area contributed by atoms with Crippen LogP contribution < -0.4 is 20.1 Å². The fourth-order valence-corrected chi connectivity index (χ4v) is 3.93. The van der Waals surface area contributed by atoms with E-state index in [2.05, 4.69) is 25.3 Å². The van der Waals surface area contributed by atoms with Gasteiger partial charge in [0.2, 0.25) is 16.0 Å². The van der Waals surface area contributed by atoms with Gasteiger partial charge in [0.15, 0.2) is 0 Å². The molecule has 33 heavy (non-hydrogen) atoms. The standard InChI is InChI=1S/C23H23N5O3S.ClH/c1-24-32(29,30)15-16-8-10-18(11-9-16)26-23-27-21-14-19(31-2)12-13-20(21)22(28-23)25-17-6-4-3-5-7-17;/h3-14,24H,15H2,1-2H3,(H2,25,26,27,28);1H. The number of sulfonamides is 1. The van der Waals surface area contributed by atoms with E-state index in [0.29, 0.717) is 23.1 Å². The Hall–Kier alpha value is -3.40. The van der Waals surface area contributed by atoms with Crippen molar-refractivity contribution in [2.45, 2.75) is 5.75 Å². The maximum atomic E-state index is 11.7. The zero-order valence-electron chi connectivity index (χ0n) is 18.1. The molecule has 0 atom stereocenters. The SMILES string of the molecule is CNS(=O)(=O)Cc1ccc(Nc2nc(Nc3ccccc3)c3ccc(OC)cc3n2)cc1.Cl. The van der Waals surface area contributed by atoms with E-state index in [1.54, 1.807) is 31.4 Å². The number of aromatic nitrogens is 2. The summed E-state index contributed by atoms with van der Waals surface area (Å²) in [6.07, 6.45) is 0. The third kappa shape index (κ3) is 6.10. The van der Waals surface area contributed by atoms with Gasteiger partial charge in [-0.2, -0.15) is 4.98 Å². The van der Waals surface area contributed by atoms with E-state index in [1.165, 1.54) is 7.05 Å². The summed E-state index contributed by atoms with van der Waals surface area (Å²) in [6, 6.07) is 22.5. The third-order valence-corrected chi connectivity index (χ3v) is 6.15. The second-order valence-corrected chi connectivity index (χ2v) is 8.98. The van der Waals surface area contributed by atoms with Crippen LogP contribution in [0.5, 0.6) is 5.75 Å². The van der Waals surface area contributed by atoms with Crippen molar-refractivity contribution >= 4 is 56.5 Å². The second kappa shape index (κ2) is 10.5. The first-order valence-corrected chi connectivity index (χ1v) is 11.6. The van der Waals surface area contributed by atoms with Crippen LogP contribution in [0.3, 0.4) is 0 Å². The van der Waals surface area contributed by atoms with E-state index in [4.69, 9.17) is 4.74 Å². The van der Waals surface area contributed by atoms with E-state index < -0.39 is 10.0 Å². The van der Waals surface area contributed by atoms with Crippen molar-refractivity contribution in [1.82, 2.24) is 14.7 Å². The van der Waals surface area contributed by atoms with Crippen molar-refractivity contribution in [2.24, 2.45) is 0 Å².